The number of amides is 1. The maximum atomic E-state index is 13.4. The van der Waals surface area contributed by atoms with Gasteiger partial charge in [0.25, 0.3) is 5.91 Å². The molecule has 1 rings (SSSR count). The number of benzene rings is 1. The average molecular weight is 264 g/mol. The fourth-order valence-electron chi connectivity index (χ4n) is 1.40. The first-order chi connectivity index (χ1) is 9.08. The van der Waals surface area contributed by atoms with Crippen LogP contribution in [0.4, 0.5) is 8.78 Å². The molecule has 0 aliphatic rings. The third-order valence-electron chi connectivity index (χ3n) is 2.44. The molecule has 1 N–H and O–H groups in total. The van der Waals surface area contributed by atoms with Gasteiger partial charge < -0.3 is 5.32 Å². The van der Waals surface area contributed by atoms with Crippen molar-refractivity contribution < 1.29 is 13.6 Å². The van der Waals surface area contributed by atoms with Crippen LogP contribution in [-0.2, 0) is 4.79 Å². The van der Waals surface area contributed by atoms with Crippen molar-refractivity contribution in [2.45, 2.75) is 19.8 Å². The van der Waals surface area contributed by atoms with Crippen molar-refractivity contribution in [1.29, 1.82) is 5.26 Å². The van der Waals surface area contributed by atoms with E-state index in [-0.39, 0.29) is 11.1 Å². The topological polar surface area (TPSA) is 52.9 Å². The van der Waals surface area contributed by atoms with E-state index in [1.807, 2.05) is 6.92 Å². The van der Waals surface area contributed by atoms with Crippen molar-refractivity contribution >= 4 is 12.0 Å². The Labute approximate surface area is 110 Å². The van der Waals surface area contributed by atoms with Gasteiger partial charge in [0.15, 0.2) is 0 Å². The SMILES string of the molecule is CCCCNC(=O)C(C#N)=Cc1ccc(F)cc1F. The molecule has 0 atom stereocenters. The Morgan fingerprint density at radius 2 is 2.21 bits per heavy atom. The van der Waals surface area contributed by atoms with Crippen LogP contribution in [0.2, 0.25) is 0 Å². The molecular weight excluding hydrogens is 250 g/mol. The van der Waals surface area contributed by atoms with E-state index in [1.165, 1.54) is 6.07 Å². The van der Waals surface area contributed by atoms with Crippen LogP contribution in [0.3, 0.4) is 0 Å². The third kappa shape index (κ3) is 4.51. The fourth-order valence-corrected chi connectivity index (χ4v) is 1.40. The number of nitriles is 1. The van der Waals surface area contributed by atoms with Crippen LogP contribution in [0, 0.1) is 23.0 Å². The molecule has 19 heavy (non-hydrogen) atoms. The summed E-state index contributed by atoms with van der Waals surface area (Å²) in [6, 6.07) is 4.66. The lowest BCUT2D eigenvalue weighted by atomic mass is 10.1. The normalized spacial score (nSPS) is 10.9. The zero-order valence-corrected chi connectivity index (χ0v) is 10.5. The lowest BCUT2D eigenvalue weighted by molar-refractivity contribution is -0.117. The highest BCUT2D eigenvalue weighted by molar-refractivity contribution is 6.01. The first-order valence-electron chi connectivity index (χ1n) is 5.93. The number of hydrogen-bond acceptors (Lipinski definition) is 2. The molecule has 0 unspecified atom stereocenters. The van der Waals surface area contributed by atoms with Crippen molar-refractivity contribution in [1.82, 2.24) is 5.32 Å². The van der Waals surface area contributed by atoms with Gasteiger partial charge in [-0.15, -0.1) is 0 Å². The van der Waals surface area contributed by atoms with E-state index in [9.17, 15) is 13.6 Å². The predicted octanol–water partition coefficient (Wildman–Crippen LogP) is 2.79. The zero-order chi connectivity index (χ0) is 14.3. The minimum absolute atomic E-state index is 0.00333. The maximum absolute atomic E-state index is 13.4. The number of unbranched alkanes of at least 4 members (excludes halogenated alkanes) is 1. The summed E-state index contributed by atoms with van der Waals surface area (Å²) in [5, 5.41) is 11.4. The van der Waals surface area contributed by atoms with E-state index in [4.69, 9.17) is 5.26 Å². The maximum Gasteiger partial charge on any atom is 0.261 e. The standard InChI is InChI=1S/C14H14F2N2O/c1-2-3-6-18-14(19)11(9-17)7-10-4-5-12(15)8-13(10)16/h4-5,7-8H,2-3,6H2,1H3,(H,18,19). The Kier molecular flexibility index (Phi) is 5.68. The van der Waals surface area contributed by atoms with Crippen LogP contribution in [-0.4, -0.2) is 12.5 Å². The fraction of sp³-hybridized carbons (Fsp3) is 0.286. The molecule has 0 aliphatic heterocycles. The monoisotopic (exact) mass is 264 g/mol. The summed E-state index contributed by atoms with van der Waals surface area (Å²) in [5.74, 6) is -2.07. The van der Waals surface area contributed by atoms with Gasteiger partial charge in [0.1, 0.15) is 23.3 Å². The van der Waals surface area contributed by atoms with Crippen LogP contribution < -0.4 is 5.32 Å². The smallest absolute Gasteiger partial charge is 0.261 e. The van der Waals surface area contributed by atoms with Gasteiger partial charge in [-0.05, 0) is 24.6 Å². The van der Waals surface area contributed by atoms with Crippen molar-refractivity contribution in [2.24, 2.45) is 0 Å². The molecule has 0 heterocycles. The second kappa shape index (κ2) is 7.27. The summed E-state index contributed by atoms with van der Waals surface area (Å²) in [7, 11) is 0. The van der Waals surface area contributed by atoms with E-state index in [2.05, 4.69) is 5.32 Å². The van der Waals surface area contributed by atoms with Crippen LogP contribution >= 0.6 is 0 Å². The van der Waals surface area contributed by atoms with Gasteiger partial charge in [-0.3, -0.25) is 4.79 Å². The molecular formula is C14H14F2N2O. The van der Waals surface area contributed by atoms with Crippen LogP contribution in [0.25, 0.3) is 6.08 Å². The Hall–Kier alpha value is -2.22. The summed E-state index contributed by atoms with van der Waals surface area (Å²) < 4.78 is 26.1. The highest BCUT2D eigenvalue weighted by Gasteiger charge is 2.10. The van der Waals surface area contributed by atoms with Crippen molar-refractivity contribution in [3.8, 4) is 6.07 Å². The number of carbonyl (C=O) groups is 1. The first kappa shape index (κ1) is 14.8. The summed E-state index contributed by atoms with van der Waals surface area (Å²) in [4.78, 5) is 11.6. The summed E-state index contributed by atoms with van der Waals surface area (Å²) in [5.41, 5.74) is -0.204. The molecule has 1 amide bonds. The summed E-state index contributed by atoms with van der Waals surface area (Å²) in [6.07, 6.45) is 2.82. The molecule has 1 aromatic carbocycles. The zero-order valence-electron chi connectivity index (χ0n) is 10.5. The quantitative estimate of drug-likeness (QED) is 0.505. The lowest BCUT2D eigenvalue weighted by Gasteiger charge is -2.03. The van der Waals surface area contributed by atoms with Gasteiger partial charge in [-0.2, -0.15) is 5.26 Å². The summed E-state index contributed by atoms with van der Waals surface area (Å²) in [6.45, 7) is 2.43. The molecule has 0 aromatic heterocycles. The van der Waals surface area contributed by atoms with Gasteiger partial charge in [0.2, 0.25) is 0 Å². The van der Waals surface area contributed by atoms with E-state index >= 15 is 0 Å². The molecule has 100 valence electrons. The lowest BCUT2D eigenvalue weighted by Crippen LogP contribution is -2.25. The van der Waals surface area contributed by atoms with Gasteiger partial charge in [0.05, 0.1) is 0 Å². The second-order valence-corrected chi connectivity index (χ2v) is 3.95. The van der Waals surface area contributed by atoms with Crippen molar-refractivity contribution in [3.05, 3.63) is 41.0 Å². The molecule has 0 bridgehead atoms. The molecule has 0 aliphatic carbocycles. The second-order valence-electron chi connectivity index (χ2n) is 3.95. The Balaban J connectivity index is 2.87. The van der Waals surface area contributed by atoms with E-state index < -0.39 is 17.5 Å². The molecule has 0 radical (unpaired) electrons. The number of rotatable bonds is 5. The van der Waals surface area contributed by atoms with E-state index in [0.29, 0.717) is 12.6 Å². The molecule has 5 heteroatoms. The minimum Gasteiger partial charge on any atom is -0.351 e. The number of nitrogens with one attached hydrogen (secondary N) is 1. The number of nitrogens with zero attached hydrogens (tertiary/aromatic N) is 1. The van der Waals surface area contributed by atoms with Crippen LogP contribution in [0.1, 0.15) is 25.3 Å². The largest absolute Gasteiger partial charge is 0.351 e. The van der Waals surface area contributed by atoms with Crippen molar-refractivity contribution in [2.75, 3.05) is 6.54 Å². The van der Waals surface area contributed by atoms with E-state index in [1.54, 1.807) is 6.07 Å². The molecule has 0 fully saturated rings. The highest BCUT2D eigenvalue weighted by atomic mass is 19.1. The Morgan fingerprint density at radius 1 is 1.47 bits per heavy atom. The van der Waals surface area contributed by atoms with Gasteiger partial charge in [0, 0.05) is 18.2 Å². The molecule has 1 aromatic rings. The predicted molar refractivity (Wildman–Crippen MR) is 67.9 cm³/mol. The highest BCUT2D eigenvalue weighted by Crippen LogP contribution is 2.13. The van der Waals surface area contributed by atoms with Gasteiger partial charge >= 0.3 is 0 Å². The molecule has 0 spiro atoms. The van der Waals surface area contributed by atoms with Crippen LogP contribution in [0.5, 0.6) is 0 Å². The summed E-state index contributed by atoms with van der Waals surface area (Å²) >= 11 is 0. The Morgan fingerprint density at radius 3 is 2.79 bits per heavy atom. The molecule has 3 nitrogen and oxygen atoms in total. The van der Waals surface area contributed by atoms with E-state index in [0.717, 1.165) is 25.0 Å². The molecule has 0 saturated heterocycles. The van der Waals surface area contributed by atoms with Crippen LogP contribution in [0.15, 0.2) is 23.8 Å². The minimum atomic E-state index is -0.811. The van der Waals surface area contributed by atoms with Gasteiger partial charge in [-0.1, -0.05) is 13.3 Å². The first-order valence-corrected chi connectivity index (χ1v) is 5.93. The number of halogens is 2. The van der Waals surface area contributed by atoms with Gasteiger partial charge in [-0.25, -0.2) is 8.78 Å². The Bertz CT molecular complexity index is 533. The molecule has 0 saturated carbocycles. The number of carbonyl (C=O) groups excluding carboxylic acids is 1. The van der Waals surface area contributed by atoms with Crippen molar-refractivity contribution in [3.63, 3.8) is 0 Å². The number of hydrogen-bond donors (Lipinski definition) is 1. The average Bonchev–Trinajstić information content (AvgIpc) is 2.38. The third-order valence-corrected chi connectivity index (χ3v) is 2.44.